The first-order valence-corrected chi connectivity index (χ1v) is 11.6. The molecule has 0 spiro atoms. The first-order chi connectivity index (χ1) is 15.9. The third-order valence-corrected chi connectivity index (χ3v) is 6.27. The van der Waals surface area contributed by atoms with Crippen molar-refractivity contribution in [3.8, 4) is 5.75 Å². The second-order valence-electron chi connectivity index (χ2n) is 7.67. The zero-order chi connectivity index (χ0) is 23.4. The molecule has 2 aliphatic heterocycles. The Morgan fingerprint density at radius 3 is 2.55 bits per heavy atom. The van der Waals surface area contributed by atoms with Gasteiger partial charge in [-0.15, -0.1) is 0 Å². The minimum Gasteiger partial charge on any atom is -0.494 e. The lowest BCUT2D eigenvalue weighted by Crippen LogP contribution is -2.36. The molecule has 7 nitrogen and oxygen atoms in total. The van der Waals surface area contributed by atoms with Crippen LogP contribution >= 0.6 is 11.8 Å². The lowest BCUT2D eigenvalue weighted by molar-refractivity contribution is -0.127. The first kappa shape index (κ1) is 22.8. The molecule has 0 radical (unpaired) electrons. The standard InChI is InChI=1S/C24H24FN3O4S/c1-2-32-19-9-6-17(7-10-19)26-22(29)15-28-23(30)21(33-24(28)31)13-16-5-8-18(14-20(16)25)27-11-3-4-12-27/h5-10,13-14H,2-4,11-12,15H2,1H3,(H,26,29)/b21-13+. The molecule has 0 saturated carbocycles. The van der Waals surface area contributed by atoms with Crippen LogP contribution < -0.4 is 15.0 Å². The average molecular weight is 470 g/mol. The largest absolute Gasteiger partial charge is 0.494 e. The van der Waals surface area contributed by atoms with Gasteiger partial charge in [0.2, 0.25) is 5.91 Å². The number of benzene rings is 2. The van der Waals surface area contributed by atoms with E-state index < -0.39 is 29.4 Å². The number of rotatable bonds is 7. The minimum absolute atomic E-state index is 0.0849. The van der Waals surface area contributed by atoms with E-state index in [1.165, 1.54) is 12.1 Å². The van der Waals surface area contributed by atoms with Gasteiger partial charge in [0.25, 0.3) is 11.1 Å². The fourth-order valence-corrected chi connectivity index (χ4v) is 4.56. The van der Waals surface area contributed by atoms with E-state index in [2.05, 4.69) is 10.2 Å². The van der Waals surface area contributed by atoms with Crippen LogP contribution in [0.25, 0.3) is 6.08 Å². The lowest BCUT2D eigenvalue weighted by Gasteiger charge is -2.17. The van der Waals surface area contributed by atoms with Crippen molar-refractivity contribution in [3.05, 3.63) is 58.8 Å². The molecule has 33 heavy (non-hydrogen) atoms. The van der Waals surface area contributed by atoms with Crippen molar-refractivity contribution < 1.29 is 23.5 Å². The molecule has 2 saturated heterocycles. The van der Waals surface area contributed by atoms with Crippen LogP contribution in [-0.4, -0.2) is 48.2 Å². The first-order valence-electron chi connectivity index (χ1n) is 10.8. The quantitative estimate of drug-likeness (QED) is 0.602. The number of imide groups is 1. The van der Waals surface area contributed by atoms with Crippen molar-refractivity contribution >= 4 is 46.3 Å². The van der Waals surface area contributed by atoms with Gasteiger partial charge < -0.3 is 15.0 Å². The summed E-state index contributed by atoms with van der Waals surface area (Å²) in [4.78, 5) is 40.5. The smallest absolute Gasteiger partial charge is 0.294 e. The highest BCUT2D eigenvalue weighted by atomic mass is 32.2. The maximum atomic E-state index is 14.6. The number of hydrogen-bond donors (Lipinski definition) is 1. The van der Waals surface area contributed by atoms with Gasteiger partial charge in [-0.3, -0.25) is 19.3 Å². The Kier molecular flexibility index (Phi) is 6.98. The zero-order valence-electron chi connectivity index (χ0n) is 18.2. The Labute approximate surface area is 195 Å². The number of nitrogens with one attached hydrogen (secondary N) is 1. The summed E-state index contributed by atoms with van der Waals surface area (Å²) < 4.78 is 20.0. The van der Waals surface area contributed by atoms with Crippen LogP contribution in [0.15, 0.2) is 47.4 Å². The van der Waals surface area contributed by atoms with Crippen LogP contribution in [0.3, 0.4) is 0 Å². The molecule has 4 rings (SSSR count). The molecule has 0 bridgehead atoms. The highest BCUT2D eigenvalue weighted by Crippen LogP contribution is 2.33. The van der Waals surface area contributed by atoms with E-state index in [1.807, 2.05) is 13.0 Å². The van der Waals surface area contributed by atoms with E-state index >= 15 is 0 Å². The molecule has 2 aromatic carbocycles. The molecular weight excluding hydrogens is 445 g/mol. The van der Waals surface area contributed by atoms with E-state index in [1.54, 1.807) is 30.3 Å². The number of hydrogen-bond acceptors (Lipinski definition) is 6. The molecule has 3 amide bonds. The second-order valence-corrected chi connectivity index (χ2v) is 8.67. The van der Waals surface area contributed by atoms with Gasteiger partial charge in [-0.1, -0.05) is 0 Å². The minimum atomic E-state index is -0.616. The summed E-state index contributed by atoms with van der Waals surface area (Å²) in [5, 5.41) is 2.08. The molecule has 2 fully saturated rings. The van der Waals surface area contributed by atoms with Crippen molar-refractivity contribution in [2.45, 2.75) is 19.8 Å². The number of halogens is 1. The Morgan fingerprint density at radius 1 is 1.15 bits per heavy atom. The van der Waals surface area contributed by atoms with Gasteiger partial charge in [-0.2, -0.15) is 0 Å². The number of amides is 3. The number of ether oxygens (including phenoxy) is 1. The highest BCUT2D eigenvalue weighted by molar-refractivity contribution is 8.18. The molecule has 9 heteroatoms. The topological polar surface area (TPSA) is 79.0 Å². The normalized spacial score (nSPS) is 17.2. The van der Waals surface area contributed by atoms with Crippen LogP contribution in [0.4, 0.5) is 20.6 Å². The number of nitrogens with zero attached hydrogens (tertiary/aromatic N) is 2. The molecular formula is C24H24FN3O4S. The van der Waals surface area contributed by atoms with Gasteiger partial charge in [-0.05, 0) is 80.1 Å². The fourth-order valence-electron chi connectivity index (χ4n) is 3.73. The van der Waals surface area contributed by atoms with Crippen LogP contribution in [0.1, 0.15) is 25.3 Å². The SMILES string of the molecule is CCOc1ccc(NC(=O)CN2C(=O)S/C(=C/c3ccc(N4CCCC4)cc3F)C2=O)cc1. The van der Waals surface area contributed by atoms with Crippen LogP contribution in [0.2, 0.25) is 0 Å². The maximum absolute atomic E-state index is 14.6. The Morgan fingerprint density at radius 2 is 1.88 bits per heavy atom. The Balaban J connectivity index is 1.40. The molecule has 172 valence electrons. The average Bonchev–Trinajstić information content (AvgIpc) is 3.42. The molecule has 2 aliphatic rings. The molecule has 1 N–H and O–H groups in total. The zero-order valence-corrected chi connectivity index (χ0v) is 19.0. The number of anilines is 2. The summed E-state index contributed by atoms with van der Waals surface area (Å²) in [6.07, 6.45) is 3.53. The summed E-state index contributed by atoms with van der Waals surface area (Å²) in [5.74, 6) is -0.912. The predicted octanol–water partition coefficient (Wildman–Crippen LogP) is 4.50. The summed E-state index contributed by atoms with van der Waals surface area (Å²) in [7, 11) is 0. The van der Waals surface area contributed by atoms with Crippen molar-refractivity contribution in [2.24, 2.45) is 0 Å². The third-order valence-electron chi connectivity index (χ3n) is 5.37. The Bertz CT molecular complexity index is 1100. The molecule has 0 atom stereocenters. The monoisotopic (exact) mass is 469 g/mol. The fraction of sp³-hybridized carbons (Fsp3) is 0.292. The lowest BCUT2D eigenvalue weighted by atomic mass is 10.1. The van der Waals surface area contributed by atoms with Gasteiger partial charge in [-0.25, -0.2) is 4.39 Å². The van der Waals surface area contributed by atoms with Gasteiger partial charge in [0.15, 0.2) is 0 Å². The van der Waals surface area contributed by atoms with Crippen molar-refractivity contribution in [3.63, 3.8) is 0 Å². The molecule has 2 aromatic rings. The number of carbonyl (C=O) groups excluding carboxylic acids is 3. The molecule has 0 aromatic heterocycles. The van der Waals surface area contributed by atoms with Crippen LogP contribution in [-0.2, 0) is 9.59 Å². The maximum Gasteiger partial charge on any atom is 0.294 e. The van der Waals surface area contributed by atoms with E-state index in [-0.39, 0.29) is 10.5 Å². The van der Waals surface area contributed by atoms with Gasteiger partial charge in [0, 0.05) is 30.0 Å². The summed E-state index contributed by atoms with van der Waals surface area (Å²) in [5.41, 5.74) is 1.55. The van der Waals surface area contributed by atoms with E-state index in [4.69, 9.17) is 4.74 Å². The summed E-state index contributed by atoms with van der Waals surface area (Å²) in [6.45, 7) is 3.78. The predicted molar refractivity (Wildman–Crippen MR) is 127 cm³/mol. The third kappa shape index (κ3) is 5.36. The summed E-state index contributed by atoms with van der Waals surface area (Å²) >= 11 is 0.695. The molecule has 2 heterocycles. The van der Waals surface area contributed by atoms with E-state index in [0.29, 0.717) is 29.8 Å². The highest BCUT2D eigenvalue weighted by Gasteiger charge is 2.36. The van der Waals surface area contributed by atoms with Crippen molar-refractivity contribution in [1.29, 1.82) is 0 Å². The number of carbonyl (C=O) groups is 3. The van der Waals surface area contributed by atoms with E-state index in [9.17, 15) is 18.8 Å². The summed E-state index contributed by atoms with van der Waals surface area (Å²) in [6, 6.07) is 11.6. The van der Waals surface area contributed by atoms with Gasteiger partial charge in [0.1, 0.15) is 18.1 Å². The van der Waals surface area contributed by atoms with Crippen molar-refractivity contribution in [1.82, 2.24) is 4.90 Å². The molecule has 0 unspecified atom stereocenters. The Hall–Kier alpha value is -3.33. The van der Waals surface area contributed by atoms with Crippen LogP contribution in [0.5, 0.6) is 5.75 Å². The molecule has 0 aliphatic carbocycles. The number of thioether (sulfide) groups is 1. The van der Waals surface area contributed by atoms with E-state index in [0.717, 1.165) is 36.5 Å². The second kappa shape index (κ2) is 10.1. The van der Waals surface area contributed by atoms with Gasteiger partial charge in [0.05, 0.1) is 11.5 Å². The van der Waals surface area contributed by atoms with Gasteiger partial charge >= 0.3 is 0 Å². The van der Waals surface area contributed by atoms with Crippen LogP contribution in [0, 0.1) is 5.82 Å². The van der Waals surface area contributed by atoms with Crippen molar-refractivity contribution in [2.75, 3.05) is 36.5 Å².